The lowest BCUT2D eigenvalue weighted by Crippen LogP contribution is -2.54. The second-order valence-corrected chi connectivity index (χ2v) is 8.40. The third kappa shape index (κ3) is 6.85. The summed E-state index contributed by atoms with van der Waals surface area (Å²) in [5.41, 5.74) is 1.59. The lowest BCUT2D eigenvalue weighted by atomic mass is 10.0. The molecule has 0 saturated heterocycles. The van der Waals surface area contributed by atoms with Crippen molar-refractivity contribution in [2.45, 2.75) is 58.4 Å². The van der Waals surface area contributed by atoms with Gasteiger partial charge in [-0.05, 0) is 45.7 Å². The molecule has 2 rings (SSSR count). The minimum Gasteiger partial charge on any atom is -0.457 e. The van der Waals surface area contributed by atoms with Crippen LogP contribution in [0.2, 0.25) is 0 Å². The maximum Gasteiger partial charge on any atom is 0.333 e. The van der Waals surface area contributed by atoms with Crippen LogP contribution in [0, 0.1) is 0 Å². The molecule has 5 nitrogen and oxygen atoms in total. The fourth-order valence-electron chi connectivity index (χ4n) is 2.95. The number of esters is 2. The standard InChI is InChI=1S/C25H31NO4/c1-17(2)23(27)29-18(3)21(26-25(4,5)6)24(28)30-22(19-13-9-7-10-14-19)20-15-11-8-12-16-20/h7-16,18,21-22,26H,1H2,2-6H3/t18-,21+/m1/s1. The van der Waals surface area contributed by atoms with E-state index in [4.69, 9.17) is 9.47 Å². The van der Waals surface area contributed by atoms with Gasteiger partial charge in [-0.25, -0.2) is 4.79 Å². The highest BCUT2D eigenvalue weighted by atomic mass is 16.6. The van der Waals surface area contributed by atoms with Crippen LogP contribution in [0.5, 0.6) is 0 Å². The Bertz CT molecular complexity index is 816. The Balaban J connectivity index is 2.32. The van der Waals surface area contributed by atoms with Gasteiger partial charge in [-0.1, -0.05) is 67.2 Å². The van der Waals surface area contributed by atoms with Crippen molar-refractivity contribution in [1.82, 2.24) is 5.32 Å². The summed E-state index contributed by atoms with van der Waals surface area (Å²) in [5.74, 6) is -1.04. The summed E-state index contributed by atoms with van der Waals surface area (Å²) < 4.78 is 11.4. The number of benzene rings is 2. The van der Waals surface area contributed by atoms with Gasteiger partial charge in [0.05, 0.1) is 0 Å². The van der Waals surface area contributed by atoms with E-state index in [1.54, 1.807) is 13.8 Å². The van der Waals surface area contributed by atoms with Crippen LogP contribution in [0.3, 0.4) is 0 Å². The molecule has 0 aromatic heterocycles. The van der Waals surface area contributed by atoms with E-state index in [1.807, 2.05) is 81.4 Å². The number of nitrogens with one attached hydrogen (secondary N) is 1. The fraction of sp³-hybridized carbons (Fsp3) is 0.360. The smallest absolute Gasteiger partial charge is 0.333 e. The normalized spacial score (nSPS) is 13.4. The lowest BCUT2D eigenvalue weighted by Gasteiger charge is -2.32. The number of carbonyl (C=O) groups excluding carboxylic acids is 2. The van der Waals surface area contributed by atoms with Crippen molar-refractivity contribution in [2.24, 2.45) is 0 Å². The van der Waals surface area contributed by atoms with Crippen LogP contribution in [0.15, 0.2) is 72.8 Å². The summed E-state index contributed by atoms with van der Waals surface area (Å²) in [4.78, 5) is 25.3. The first-order valence-electron chi connectivity index (χ1n) is 10.0. The molecule has 2 atom stereocenters. The summed E-state index contributed by atoms with van der Waals surface area (Å²) in [5, 5.41) is 3.23. The van der Waals surface area contributed by atoms with E-state index in [0.29, 0.717) is 0 Å². The van der Waals surface area contributed by atoms with E-state index >= 15 is 0 Å². The number of carbonyl (C=O) groups is 2. The second-order valence-electron chi connectivity index (χ2n) is 8.40. The van der Waals surface area contributed by atoms with Crippen LogP contribution in [-0.2, 0) is 19.1 Å². The summed E-state index contributed by atoms with van der Waals surface area (Å²) in [6, 6.07) is 18.3. The molecule has 0 saturated carbocycles. The summed E-state index contributed by atoms with van der Waals surface area (Å²) in [7, 11) is 0. The molecule has 0 fully saturated rings. The zero-order valence-electron chi connectivity index (χ0n) is 18.3. The van der Waals surface area contributed by atoms with Crippen LogP contribution >= 0.6 is 0 Å². The van der Waals surface area contributed by atoms with Crippen LogP contribution in [0.1, 0.15) is 51.8 Å². The predicted molar refractivity (Wildman–Crippen MR) is 118 cm³/mol. The van der Waals surface area contributed by atoms with Gasteiger partial charge in [0.25, 0.3) is 0 Å². The molecular weight excluding hydrogens is 378 g/mol. The van der Waals surface area contributed by atoms with Gasteiger partial charge in [0, 0.05) is 11.1 Å². The molecule has 0 amide bonds. The van der Waals surface area contributed by atoms with Gasteiger partial charge in [0.1, 0.15) is 12.1 Å². The summed E-state index contributed by atoms with van der Waals surface area (Å²) in [6.45, 7) is 12.7. The van der Waals surface area contributed by atoms with E-state index in [2.05, 4.69) is 11.9 Å². The molecule has 5 heteroatoms. The maximum atomic E-state index is 13.3. The van der Waals surface area contributed by atoms with Crippen molar-refractivity contribution >= 4 is 11.9 Å². The van der Waals surface area contributed by atoms with Crippen LogP contribution < -0.4 is 5.32 Å². The zero-order chi connectivity index (χ0) is 22.3. The van der Waals surface area contributed by atoms with Crippen molar-refractivity contribution in [3.05, 3.63) is 83.9 Å². The summed E-state index contributed by atoms with van der Waals surface area (Å²) >= 11 is 0. The van der Waals surface area contributed by atoms with Crippen LogP contribution in [-0.4, -0.2) is 29.6 Å². The number of ether oxygens (including phenoxy) is 2. The summed E-state index contributed by atoms with van der Waals surface area (Å²) in [6.07, 6.45) is -1.32. The Labute approximate surface area is 179 Å². The highest BCUT2D eigenvalue weighted by molar-refractivity contribution is 5.87. The zero-order valence-corrected chi connectivity index (χ0v) is 18.3. The van der Waals surface area contributed by atoms with Crippen molar-refractivity contribution in [3.63, 3.8) is 0 Å². The monoisotopic (exact) mass is 409 g/mol. The topological polar surface area (TPSA) is 64.6 Å². The van der Waals surface area contributed by atoms with Crippen molar-refractivity contribution < 1.29 is 19.1 Å². The van der Waals surface area contributed by atoms with Gasteiger partial charge in [0.2, 0.25) is 0 Å². The van der Waals surface area contributed by atoms with E-state index in [9.17, 15) is 9.59 Å². The molecule has 0 heterocycles. The van der Waals surface area contributed by atoms with Crippen molar-refractivity contribution in [2.75, 3.05) is 0 Å². The predicted octanol–water partition coefficient (Wildman–Crippen LogP) is 4.58. The first kappa shape index (κ1) is 23.4. The minimum atomic E-state index is -0.844. The SMILES string of the molecule is C=C(C)C(=O)O[C@H](C)[C@H](NC(C)(C)C)C(=O)OC(c1ccccc1)c1ccccc1. The molecule has 0 aliphatic carbocycles. The minimum absolute atomic E-state index is 0.274. The molecule has 1 N–H and O–H groups in total. The average molecular weight is 410 g/mol. The Morgan fingerprint density at radius 3 is 1.77 bits per heavy atom. The van der Waals surface area contributed by atoms with Gasteiger partial charge in [-0.3, -0.25) is 10.1 Å². The maximum absolute atomic E-state index is 13.3. The Morgan fingerprint density at radius 1 is 0.900 bits per heavy atom. The van der Waals surface area contributed by atoms with E-state index in [0.717, 1.165) is 11.1 Å². The Hall–Kier alpha value is -2.92. The van der Waals surface area contributed by atoms with E-state index in [-0.39, 0.29) is 5.57 Å². The molecule has 0 bridgehead atoms. The van der Waals surface area contributed by atoms with Crippen molar-refractivity contribution in [3.8, 4) is 0 Å². The molecule has 0 unspecified atom stereocenters. The molecule has 2 aromatic rings. The Kier molecular flexibility index (Phi) is 7.95. The molecule has 0 radical (unpaired) electrons. The third-order valence-electron chi connectivity index (χ3n) is 4.39. The van der Waals surface area contributed by atoms with Crippen molar-refractivity contribution in [1.29, 1.82) is 0 Å². The number of hydrogen-bond acceptors (Lipinski definition) is 5. The van der Waals surface area contributed by atoms with Gasteiger partial charge in [0.15, 0.2) is 6.10 Å². The van der Waals surface area contributed by atoms with Gasteiger partial charge in [-0.15, -0.1) is 0 Å². The third-order valence-corrected chi connectivity index (χ3v) is 4.39. The first-order valence-corrected chi connectivity index (χ1v) is 10.0. The quantitative estimate of drug-likeness (QED) is 0.511. The van der Waals surface area contributed by atoms with E-state index in [1.165, 1.54) is 0 Å². The molecule has 0 aliphatic heterocycles. The highest BCUT2D eigenvalue weighted by Gasteiger charge is 2.34. The van der Waals surface area contributed by atoms with Gasteiger partial charge in [-0.2, -0.15) is 0 Å². The molecule has 0 aliphatic rings. The first-order chi connectivity index (χ1) is 14.1. The fourth-order valence-corrected chi connectivity index (χ4v) is 2.95. The second kappa shape index (κ2) is 10.2. The molecule has 160 valence electrons. The lowest BCUT2D eigenvalue weighted by molar-refractivity contribution is -0.158. The molecule has 2 aromatic carbocycles. The van der Waals surface area contributed by atoms with Crippen LogP contribution in [0.4, 0.5) is 0 Å². The largest absolute Gasteiger partial charge is 0.457 e. The highest BCUT2D eigenvalue weighted by Crippen LogP contribution is 2.27. The average Bonchev–Trinajstić information content (AvgIpc) is 2.70. The number of hydrogen-bond donors (Lipinski definition) is 1. The Morgan fingerprint density at radius 2 is 1.37 bits per heavy atom. The molecule has 0 spiro atoms. The van der Waals surface area contributed by atoms with E-state index < -0.39 is 35.7 Å². The number of rotatable bonds is 8. The molecular formula is C25H31NO4. The van der Waals surface area contributed by atoms with Gasteiger partial charge >= 0.3 is 11.9 Å². The van der Waals surface area contributed by atoms with Gasteiger partial charge < -0.3 is 9.47 Å². The molecule has 30 heavy (non-hydrogen) atoms. The van der Waals surface area contributed by atoms with Crippen LogP contribution in [0.25, 0.3) is 0 Å².